The van der Waals surface area contributed by atoms with Crippen molar-refractivity contribution in [1.82, 2.24) is 0 Å². The summed E-state index contributed by atoms with van der Waals surface area (Å²) in [6, 6.07) is 10.2. The Hall–Kier alpha value is -2.62. The van der Waals surface area contributed by atoms with Gasteiger partial charge in [-0.2, -0.15) is 0 Å². The Morgan fingerprint density at radius 2 is 1.53 bits per heavy atom. The summed E-state index contributed by atoms with van der Waals surface area (Å²) >= 11 is 0. The molecule has 0 atom stereocenters. The first kappa shape index (κ1) is 11.5. The number of nitrogens with two attached hydrogens (primary N) is 1. The van der Waals surface area contributed by atoms with E-state index in [2.05, 4.69) is 5.32 Å². The van der Waals surface area contributed by atoms with Crippen LogP contribution in [0.15, 0.2) is 36.4 Å². The average Bonchev–Trinajstić information content (AvgIpc) is 2.43. The number of ketones is 2. The van der Waals surface area contributed by atoms with Gasteiger partial charge >= 0.3 is 0 Å². The summed E-state index contributed by atoms with van der Waals surface area (Å²) in [7, 11) is 1.72. The summed E-state index contributed by atoms with van der Waals surface area (Å²) in [6.45, 7) is 0. The summed E-state index contributed by atoms with van der Waals surface area (Å²) in [5, 5.41) is 2.94. The summed E-state index contributed by atoms with van der Waals surface area (Å²) in [5.74, 6) is -0.360. The fraction of sp³-hybridized carbons (Fsp3) is 0.0667. The van der Waals surface area contributed by atoms with E-state index < -0.39 is 0 Å². The van der Waals surface area contributed by atoms with Crippen LogP contribution in [0.1, 0.15) is 31.8 Å². The molecule has 0 aliphatic heterocycles. The van der Waals surface area contributed by atoms with Gasteiger partial charge in [0.25, 0.3) is 0 Å². The number of anilines is 2. The molecule has 19 heavy (non-hydrogen) atoms. The van der Waals surface area contributed by atoms with Crippen LogP contribution in [-0.2, 0) is 0 Å². The zero-order chi connectivity index (χ0) is 13.6. The molecular formula is C15H12N2O2. The zero-order valence-corrected chi connectivity index (χ0v) is 10.4. The summed E-state index contributed by atoms with van der Waals surface area (Å²) in [6.07, 6.45) is 0. The molecule has 1 aliphatic carbocycles. The number of rotatable bonds is 1. The Balaban J connectivity index is 2.37. The topological polar surface area (TPSA) is 72.2 Å². The van der Waals surface area contributed by atoms with Gasteiger partial charge in [0.2, 0.25) is 0 Å². The standard InChI is InChI=1S/C15H12N2O2/c1-17-11-7-3-5-9-13(11)15(19)12-8(14(9)18)4-2-6-10(12)16/h2-7,17H,16H2,1H3. The number of nitrogen functional groups attached to an aromatic ring is 1. The average molecular weight is 252 g/mol. The molecule has 0 unspecified atom stereocenters. The van der Waals surface area contributed by atoms with Gasteiger partial charge in [-0.25, -0.2) is 0 Å². The molecule has 2 aromatic carbocycles. The van der Waals surface area contributed by atoms with Crippen molar-refractivity contribution < 1.29 is 9.59 Å². The molecule has 3 rings (SSSR count). The van der Waals surface area contributed by atoms with Gasteiger partial charge in [-0.1, -0.05) is 24.3 Å². The second-order valence-corrected chi connectivity index (χ2v) is 4.41. The Labute approximate surface area is 110 Å². The number of benzene rings is 2. The Morgan fingerprint density at radius 1 is 0.895 bits per heavy atom. The first-order valence-corrected chi connectivity index (χ1v) is 5.93. The smallest absolute Gasteiger partial charge is 0.198 e. The van der Waals surface area contributed by atoms with Gasteiger partial charge in [0.15, 0.2) is 11.6 Å². The van der Waals surface area contributed by atoms with E-state index in [-0.39, 0.29) is 11.6 Å². The number of carbonyl (C=O) groups excluding carboxylic acids is 2. The van der Waals surface area contributed by atoms with E-state index in [0.29, 0.717) is 33.6 Å². The molecule has 0 bridgehead atoms. The van der Waals surface area contributed by atoms with Crippen LogP contribution < -0.4 is 11.1 Å². The molecule has 0 fully saturated rings. The van der Waals surface area contributed by atoms with Crippen molar-refractivity contribution in [3.63, 3.8) is 0 Å². The third-order valence-electron chi connectivity index (χ3n) is 3.37. The Bertz CT molecular complexity index is 720. The summed E-state index contributed by atoms with van der Waals surface area (Å²) < 4.78 is 0. The first-order valence-electron chi connectivity index (χ1n) is 5.93. The van der Waals surface area contributed by atoms with E-state index >= 15 is 0 Å². The molecule has 0 heterocycles. The van der Waals surface area contributed by atoms with Crippen LogP contribution in [0.25, 0.3) is 0 Å². The molecular weight excluding hydrogens is 240 g/mol. The van der Waals surface area contributed by atoms with E-state index in [1.807, 2.05) is 0 Å². The van der Waals surface area contributed by atoms with Crippen molar-refractivity contribution in [3.8, 4) is 0 Å². The van der Waals surface area contributed by atoms with Crippen molar-refractivity contribution >= 4 is 22.9 Å². The summed E-state index contributed by atoms with van der Waals surface area (Å²) in [4.78, 5) is 25.0. The van der Waals surface area contributed by atoms with Crippen LogP contribution in [0, 0.1) is 0 Å². The van der Waals surface area contributed by atoms with Gasteiger partial charge in [0, 0.05) is 29.5 Å². The normalized spacial score (nSPS) is 12.9. The fourth-order valence-electron chi connectivity index (χ4n) is 2.48. The van der Waals surface area contributed by atoms with Gasteiger partial charge in [0.1, 0.15) is 0 Å². The van der Waals surface area contributed by atoms with Crippen molar-refractivity contribution in [2.24, 2.45) is 0 Å². The molecule has 0 saturated heterocycles. The largest absolute Gasteiger partial charge is 0.398 e. The van der Waals surface area contributed by atoms with Crippen molar-refractivity contribution in [2.75, 3.05) is 18.1 Å². The second kappa shape index (κ2) is 3.95. The van der Waals surface area contributed by atoms with Crippen LogP contribution in [0.4, 0.5) is 11.4 Å². The van der Waals surface area contributed by atoms with E-state index in [0.717, 1.165) is 0 Å². The predicted molar refractivity (Wildman–Crippen MR) is 73.7 cm³/mol. The van der Waals surface area contributed by atoms with Gasteiger partial charge in [-0.3, -0.25) is 9.59 Å². The maximum absolute atomic E-state index is 12.6. The maximum Gasteiger partial charge on any atom is 0.198 e. The lowest BCUT2D eigenvalue weighted by atomic mass is 9.82. The minimum Gasteiger partial charge on any atom is -0.398 e. The lowest BCUT2D eigenvalue weighted by Gasteiger charge is -2.20. The highest BCUT2D eigenvalue weighted by Gasteiger charge is 2.32. The van der Waals surface area contributed by atoms with Crippen molar-refractivity contribution in [3.05, 3.63) is 58.7 Å². The number of hydrogen-bond donors (Lipinski definition) is 2. The molecule has 2 aromatic rings. The van der Waals surface area contributed by atoms with E-state index in [1.165, 1.54) is 0 Å². The van der Waals surface area contributed by atoms with Gasteiger partial charge in [-0.15, -0.1) is 0 Å². The van der Waals surface area contributed by atoms with Crippen LogP contribution >= 0.6 is 0 Å². The fourth-order valence-corrected chi connectivity index (χ4v) is 2.48. The second-order valence-electron chi connectivity index (χ2n) is 4.41. The monoisotopic (exact) mass is 252 g/mol. The minimum absolute atomic E-state index is 0.158. The molecule has 4 heteroatoms. The van der Waals surface area contributed by atoms with Gasteiger partial charge in [-0.05, 0) is 12.1 Å². The molecule has 94 valence electrons. The minimum atomic E-state index is -0.201. The third kappa shape index (κ3) is 1.46. The third-order valence-corrected chi connectivity index (χ3v) is 3.37. The highest BCUT2D eigenvalue weighted by atomic mass is 16.1. The Morgan fingerprint density at radius 3 is 2.21 bits per heavy atom. The first-order chi connectivity index (χ1) is 9.15. The number of hydrogen-bond acceptors (Lipinski definition) is 4. The quantitative estimate of drug-likeness (QED) is 0.650. The van der Waals surface area contributed by atoms with E-state index in [9.17, 15) is 9.59 Å². The van der Waals surface area contributed by atoms with Crippen LogP contribution in [-0.4, -0.2) is 18.6 Å². The lowest BCUT2D eigenvalue weighted by Crippen LogP contribution is -2.23. The van der Waals surface area contributed by atoms with Gasteiger partial charge in [0.05, 0.1) is 11.1 Å². The highest BCUT2D eigenvalue weighted by Crippen LogP contribution is 2.34. The van der Waals surface area contributed by atoms with Crippen LogP contribution in [0.5, 0.6) is 0 Å². The molecule has 1 aliphatic rings. The molecule has 0 spiro atoms. The Kier molecular flexibility index (Phi) is 2.38. The predicted octanol–water partition coefficient (Wildman–Crippen LogP) is 2.09. The van der Waals surface area contributed by atoms with Crippen LogP contribution in [0.3, 0.4) is 0 Å². The zero-order valence-electron chi connectivity index (χ0n) is 10.4. The lowest BCUT2D eigenvalue weighted by molar-refractivity contribution is 0.0980. The highest BCUT2D eigenvalue weighted by molar-refractivity contribution is 6.31. The number of fused-ring (bicyclic) bond motifs is 2. The van der Waals surface area contributed by atoms with E-state index in [1.54, 1.807) is 43.4 Å². The molecule has 0 aromatic heterocycles. The molecule has 0 amide bonds. The molecule has 4 nitrogen and oxygen atoms in total. The van der Waals surface area contributed by atoms with Crippen LogP contribution in [0.2, 0.25) is 0 Å². The van der Waals surface area contributed by atoms with E-state index in [4.69, 9.17) is 5.73 Å². The SMILES string of the molecule is CNc1cccc2c1C(=O)c1c(N)cccc1C2=O. The maximum atomic E-state index is 12.6. The van der Waals surface area contributed by atoms with Gasteiger partial charge < -0.3 is 11.1 Å². The molecule has 0 radical (unpaired) electrons. The number of carbonyl (C=O) groups is 2. The molecule has 3 N–H and O–H groups in total. The van der Waals surface area contributed by atoms with Crippen molar-refractivity contribution in [2.45, 2.75) is 0 Å². The summed E-state index contributed by atoms with van der Waals surface area (Å²) in [5.41, 5.74) is 8.35. The van der Waals surface area contributed by atoms with Crippen molar-refractivity contribution in [1.29, 1.82) is 0 Å². The number of nitrogens with one attached hydrogen (secondary N) is 1. The molecule has 0 saturated carbocycles.